The fourth-order valence-electron chi connectivity index (χ4n) is 6.33. The van der Waals surface area contributed by atoms with E-state index in [1.165, 1.54) is 18.9 Å². The number of ether oxygens (including phenoxy) is 2. The van der Waals surface area contributed by atoms with Crippen molar-refractivity contribution in [3.63, 3.8) is 0 Å². The molecule has 5 N–H and O–H groups in total. The number of rotatable bonds is 15. The topological polar surface area (TPSA) is 183 Å². The molecule has 5 heterocycles. The van der Waals surface area contributed by atoms with E-state index in [0.717, 1.165) is 50.6 Å². The summed E-state index contributed by atoms with van der Waals surface area (Å²) in [7, 11) is 2.61. The van der Waals surface area contributed by atoms with E-state index in [2.05, 4.69) is 65.9 Å². The highest BCUT2D eigenvalue weighted by atomic mass is 32.1. The highest BCUT2D eigenvalue weighted by Gasteiger charge is 2.35. The Labute approximate surface area is 314 Å². The van der Waals surface area contributed by atoms with Crippen LogP contribution in [0.5, 0.6) is 0 Å². The first-order valence-corrected chi connectivity index (χ1v) is 19.0. The van der Waals surface area contributed by atoms with Crippen LogP contribution in [0.25, 0.3) is 43.0 Å². The van der Waals surface area contributed by atoms with Crippen LogP contribution in [0.3, 0.4) is 0 Å². The Morgan fingerprint density at radius 2 is 1.75 bits per heavy atom. The van der Waals surface area contributed by atoms with E-state index in [1.807, 2.05) is 32.2 Å². The van der Waals surface area contributed by atoms with Crippen molar-refractivity contribution in [1.82, 2.24) is 40.8 Å². The van der Waals surface area contributed by atoms with Gasteiger partial charge in [0.05, 0.1) is 41.2 Å². The fraction of sp³-hybridized carbons (Fsp3) is 0.351. The predicted molar refractivity (Wildman–Crippen MR) is 205 cm³/mol. The van der Waals surface area contributed by atoms with E-state index in [4.69, 9.17) is 14.5 Å². The number of benzene rings is 1. The molecule has 0 spiro atoms. The fourth-order valence-corrected chi connectivity index (χ4v) is 8.76. The summed E-state index contributed by atoms with van der Waals surface area (Å²) in [6.45, 7) is 5.06. The summed E-state index contributed by atoms with van der Waals surface area (Å²) < 4.78 is 11.8. The van der Waals surface area contributed by atoms with Gasteiger partial charge in [-0.05, 0) is 29.9 Å². The first kappa shape index (κ1) is 37.3. The maximum Gasteiger partial charge on any atom is 0.407 e. The van der Waals surface area contributed by atoms with Crippen LogP contribution in [0.1, 0.15) is 50.3 Å². The van der Waals surface area contributed by atoms with Crippen molar-refractivity contribution in [1.29, 1.82) is 0 Å². The van der Waals surface area contributed by atoms with E-state index in [1.54, 1.807) is 33.8 Å². The number of imidazole rings is 2. The summed E-state index contributed by atoms with van der Waals surface area (Å²) >= 11 is 3.35. The number of hydrogen-bond acceptors (Lipinski definition) is 10. The van der Waals surface area contributed by atoms with E-state index in [-0.39, 0.29) is 23.8 Å². The van der Waals surface area contributed by atoms with Crippen molar-refractivity contribution in [3.8, 4) is 33.6 Å². The largest absolute Gasteiger partial charge is 0.453 e. The SMILES string of the molecule is COC(=O)NCC(CCCNC=O)c1nc(-c2csc3c(-c4ccc(-c5cnc(C6C=CCN6C(=O)C(NC(=O)OC)C(C)C)[nH]5)cc4)csc23)c[nH]1. The Kier molecular flexibility index (Phi) is 11.9. The minimum absolute atomic E-state index is 0.0857. The Morgan fingerprint density at radius 1 is 1.04 bits per heavy atom. The van der Waals surface area contributed by atoms with E-state index in [0.29, 0.717) is 38.3 Å². The van der Waals surface area contributed by atoms with Gasteiger partial charge in [0.2, 0.25) is 12.3 Å². The average molecular weight is 759 g/mol. The smallest absolute Gasteiger partial charge is 0.407 e. The third-order valence-corrected chi connectivity index (χ3v) is 11.3. The molecule has 0 fully saturated rings. The second-order valence-electron chi connectivity index (χ2n) is 12.9. The maximum absolute atomic E-state index is 13.5. The number of fused-ring (bicyclic) bond motifs is 1. The number of hydrogen-bond donors (Lipinski definition) is 5. The first-order valence-electron chi connectivity index (χ1n) is 17.2. The van der Waals surface area contributed by atoms with Gasteiger partial charge >= 0.3 is 12.2 Å². The lowest BCUT2D eigenvalue weighted by atomic mass is 10.0. The molecule has 16 heteroatoms. The van der Waals surface area contributed by atoms with Crippen molar-refractivity contribution >= 4 is 56.6 Å². The summed E-state index contributed by atoms with van der Waals surface area (Å²) in [5, 5.41) is 12.4. The first-order chi connectivity index (χ1) is 25.7. The van der Waals surface area contributed by atoms with Crippen LogP contribution in [0.15, 0.2) is 59.6 Å². The minimum Gasteiger partial charge on any atom is -0.453 e. The monoisotopic (exact) mass is 758 g/mol. The number of amides is 4. The van der Waals surface area contributed by atoms with Gasteiger partial charge in [-0.25, -0.2) is 19.6 Å². The molecular formula is C37H42N8O6S2. The van der Waals surface area contributed by atoms with Crippen LogP contribution in [-0.4, -0.2) is 89.2 Å². The van der Waals surface area contributed by atoms with Crippen LogP contribution in [0.2, 0.25) is 0 Å². The lowest BCUT2D eigenvalue weighted by Crippen LogP contribution is -2.51. The van der Waals surface area contributed by atoms with E-state index in [9.17, 15) is 19.2 Å². The van der Waals surface area contributed by atoms with E-state index >= 15 is 0 Å². The van der Waals surface area contributed by atoms with Crippen molar-refractivity contribution in [2.24, 2.45) is 5.92 Å². The lowest BCUT2D eigenvalue weighted by Gasteiger charge is -2.29. The normalized spacial score (nSPS) is 15.0. The van der Waals surface area contributed by atoms with Crippen LogP contribution in [-0.2, 0) is 19.1 Å². The summed E-state index contributed by atoms with van der Waals surface area (Å²) in [5.41, 5.74) is 5.89. The molecule has 3 unspecified atom stereocenters. The van der Waals surface area contributed by atoms with Crippen molar-refractivity contribution < 1.29 is 28.7 Å². The molecule has 0 saturated carbocycles. The lowest BCUT2D eigenvalue weighted by molar-refractivity contribution is -0.135. The molecule has 0 saturated heterocycles. The number of carbonyl (C=O) groups is 4. The zero-order valence-electron chi connectivity index (χ0n) is 29.8. The van der Waals surface area contributed by atoms with Gasteiger partial charge in [-0.1, -0.05) is 50.3 Å². The van der Waals surface area contributed by atoms with Crippen molar-refractivity contribution in [2.75, 3.05) is 33.9 Å². The molecule has 0 radical (unpaired) electrons. The number of carbonyl (C=O) groups excluding carboxylic acids is 4. The maximum atomic E-state index is 13.5. The molecule has 1 aliphatic rings. The number of aromatic amines is 2. The summed E-state index contributed by atoms with van der Waals surface area (Å²) in [6.07, 6.45) is 8.51. The predicted octanol–water partition coefficient (Wildman–Crippen LogP) is 6.20. The van der Waals surface area contributed by atoms with Gasteiger partial charge in [0.1, 0.15) is 23.7 Å². The Balaban J connectivity index is 1.16. The van der Waals surface area contributed by atoms with Crippen molar-refractivity contribution in [2.45, 2.75) is 44.7 Å². The Morgan fingerprint density at radius 3 is 2.47 bits per heavy atom. The van der Waals surface area contributed by atoms with E-state index < -0.39 is 18.2 Å². The number of nitrogens with zero attached hydrogens (tertiary/aromatic N) is 3. The zero-order chi connectivity index (χ0) is 37.5. The molecule has 0 bridgehead atoms. The van der Waals surface area contributed by atoms with Crippen LogP contribution in [0, 0.1) is 5.92 Å². The van der Waals surface area contributed by atoms with Gasteiger partial charge in [0, 0.05) is 53.6 Å². The summed E-state index contributed by atoms with van der Waals surface area (Å²) in [4.78, 5) is 65.9. The average Bonchev–Trinajstić information content (AvgIpc) is 4.01. The molecular weight excluding hydrogens is 717 g/mol. The number of alkyl carbamates (subject to hydrolysis) is 2. The minimum atomic E-state index is -0.728. The van der Waals surface area contributed by atoms with Gasteiger partial charge in [-0.15, -0.1) is 22.7 Å². The number of thiophene rings is 2. The molecule has 0 aliphatic carbocycles. The quantitative estimate of drug-likeness (QED) is 0.0475. The third kappa shape index (κ3) is 8.28. The highest BCUT2D eigenvalue weighted by Crippen LogP contribution is 2.44. The second-order valence-corrected chi connectivity index (χ2v) is 14.7. The Bertz CT molecular complexity index is 2080. The summed E-state index contributed by atoms with van der Waals surface area (Å²) in [6, 6.07) is 7.19. The van der Waals surface area contributed by atoms with Gasteiger partial charge < -0.3 is 40.3 Å². The molecule has 53 heavy (non-hydrogen) atoms. The van der Waals surface area contributed by atoms with Crippen LogP contribution in [0.4, 0.5) is 9.59 Å². The number of nitrogens with one attached hydrogen (secondary N) is 5. The van der Waals surface area contributed by atoms with Crippen molar-refractivity contribution in [3.05, 3.63) is 71.2 Å². The van der Waals surface area contributed by atoms with Gasteiger partial charge in [0.15, 0.2) is 0 Å². The molecule has 6 rings (SSSR count). The molecule has 14 nitrogen and oxygen atoms in total. The highest BCUT2D eigenvalue weighted by molar-refractivity contribution is 7.27. The molecule has 1 aromatic carbocycles. The number of aromatic nitrogens is 4. The molecule has 4 amide bonds. The summed E-state index contributed by atoms with van der Waals surface area (Å²) in [5.74, 6) is 0.977. The molecule has 4 aromatic heterocycles. The van der Waals surface area contributed by atoms with Crippen LogP contribution >= 0.6 is 22.7 Å². The molecule has 1 aliphatic heterocycles. The molecule has 5 aromatic rings. The molecule has 3 atom stereocenters. The standard InChI is InChI=1S/C37H42N8O6S2/c1-21(2)30(44-37(49)51-4)35(47)45-14-6-8-29(45)34-40-16-27(42-34)23-11-9-22(10-12-23)25-18-52-32-26(19-53-31(25)32)28-17-39-33(43-28)24(7-5-13-38-20-46)15-41-36(48)50-3/h6,8-12,16-21,24,29-30H,5,7,13-15H2,1-4H3,(H,38,46)(H,39,43)(H,40,42)(H,41,48)(H,44,49). The van der Waals surface area contributed by atoms with Gasteiger partial charge in [-0.3, -0.25) is 9.59 Å². The number of methoxy groups -OCH3 is 2. The van der Waals surface area contributed by atoms with Gasteiger partial charge in [-0.2, -0.15) is 0 Å². The van der Waals surface area contributed by atoms with Gasteiger partial charge in [0.25, 0.3) is 0 Å². The van der Waals surface area contributed by atoms with Crippen LogP contribution < -0.4 is 16.0 Å². The second kappa shape index (κ2) is 16.9. The molecule has 278 valence electrons. The Hall–Kier alpha value is -5.48. The number of H-pyrrole nitrogens is 2. The third-order valence-electron chi connectivity index (χ3n) is 9.19. The zero-order valence-corrected chi connectivity index (χ0v) is 31.4.